The summed E-state index contributed by atoms with van der Waals surface area (Å²) in [6, 6.07) is 10.8. The molecule has 4 rings (SSSR count). The third-order valence-electron chi connectivity index (χ3n) is 5.10. The summed E-state index contributed by atoms with van der Waals surface area (Å²) >= 11 is 0. The monoisotopic (exact) mass is 310 g/mol. The summed E-state index contributed by atoms with van der Waals surface area (Å²) in [5, 5.41) is 4.25. The summed E-state index contributed by atoms with van der Waals surface area (Å²) in [5.41, 5.74) is 2.30. The van der Waals surface area contributed by atoms with E-state index in [4.69, 9.17) is 0 Å². The second-order valence-corrected chi connectivity index (χ2v) is 6.55. The van der Waals surface area contributed by atoms with Crippen LogP contribution in [0.3, 0.4) is 0 Å². The van der Waals surface area contributed by atoms with Crippen molar-refractivity contribution in [2.24, 2.45) is 0 Å². The van der Waals surface area contributed by atoms with Crippen LogP contribution in [0.5, 0.6) is 0 Å². The van der Waals surface area contributed by atoms with Gasteiger partial charge < -0.3 is 4.90 Å². The highest BCUT2D eigenvalue weighted by molar-refractivity contribution is 5.83. The van der Waals surface area contributed by atoms with Crippen LogP contribution in [0.4, 0.5) is 0 Å². The van der Waals surface area contributed by atoms with Gasteiger partial charge in [0.25, 0.3) is 0 Å². The molecule has 2 fully saturated rings. The third kappa shape index (κ3) is 2.65. The van der Waals surface area contributed by atoms with Gasteiger partial charge in [-0.2, -0.15) is 5.10 Å². The van der Waals surface area contributed by atoms with E-state index in [0.29, 0.717) is 11.9 Å². The Hall–Kier alpha value is -2.14. The van der Waals surface area contributed by atoms with Crippen molar-refractivity contribution in [2.45, 2.75) is 38.4 Å². The fraction of sp³-hybridized carbons (Fsp3) is 0.444. The molecule has 2 aliphatic rings. The van der Waals surface area contributed by atoms with E-state index in [1.54, 1.807) is 6.20 Å². The minimum absolute atomic E-state index is 0.0184. The molecule has 2 aliphatic heterocycles. The number of hydrogen-bond donors (Lipinski definition) is 0. The largest absolute Gasteiger partial charge is 0.337 e. The minimum Gasteiger partial charge on any atom is -0.337 e. The van der Waals surface area contributed by atoms with Gasteiger partial charge >= 0.3 is 0 Å². The average Bonchev–Trinajstić information content (AvgIpc) is 3.24. The first-order chi connectivity index (χ1) is 11.2. The topological polar surface area (TPSA) is 41.4 Å². The van der Waals surface area contributed by atoms with Crippen molar-refractivity contribution in [3.05, 3.63) is 48.3 Å². The van der Waals surface area contributed by atoms with Gasteiger partial charge in [-0.3, -0.25) is 9.69 Å². The quantitative estimate of drug-likeness (QED) is 0.871. The molecule has 0 spiro atoms. The molecule has 5 nitrogen and oxygen atoms in total. The maximum Gasteiger partial charge on any atom is 0.239 e. The van der Waals surface area contributed by atoms with E-state index in [2.05, 4.69) is 39.2 Å². The van der Waals surface area contributed by atoms with Gasteiger partial charge in [-0.15, -0.1) is 0 Å². The fourth-order valence-corrected chi connectivity index (χ4v) is 3.75. The minimum atomic E-state index is -0.0184. The molecule has 120 valence electrons. The molecule has 0 unspecified atom stereocenters. The number of nitrogens with zero attached hydrogens (tertiary/aromatic N) is 4. The summed E-state index contributed by atoms with van der Waals surface area (Å²) in [4.78, 5) is 16.9. The molecule has 0 aliphatic carbocycles. The second kappa shape index (κ2) is 5.81. The summed E-state index contributed by atoms with van der Waals surface area (Å²) in [5.74, 6) is 0.298. The summed E-state index contributed by atoms with van der Waals surface area (Å²) < 4.78 is 1.85. The van der Waals surface area contributed by atoms with E-state index >= 15 is 0 Å². The van der Waals surface area contributed by atoms with Crippen LogP contribution in [0.1, 0.15) is 25.3 Å². The van der Waals surface area contributed by atoms with Gasteiger partial charge in [0, 0.05) is 38.1 Å². The van der Waals surface area contributed by atoms with Crippen LogP contribution in [0.15, 0.2) is 42.7 Å². The van der Waals surface area contributed by atoms with Crippen LogP contribution in [0.25, 0.3) is 5.69 Å². The number of rotatable bonds is 3. The number of carbonyl (C=O) groups is 1. The summed E-state index contributed by atoms with van der Waals surface area (Å²) in [6.07, 6.45) is 6.01. The van der Waals surface area contributed by atoms with Crippen molar-refractivity contribution >= 4 is 5.91 Å². The Balaban J connectivity index is 1.48. The molecule has 23 heavy (non-hydrogen) atoms. The number of aromatic nitrogens is 2. The van der Waals surface area contributed by atoms with Gasteiger partial charge in [-0.05, 0) is 43.5 Å². The van der Waals surface area contributed by atoms with Crippen molar-refractivity contribution in [1.82, 2.24) is 19.6 Å². The molecule has 1 amide bonds. The van der Waals surface area contributed by atoms with Crippen molar-refractivity contribution in [3.8, 4) is 5.69 Å². The van der Waals surface area contributed by atoms with E-state index in [1.165, 1.54) is 5.56 Å². The zero-order chi connectivity index (χ0) is 15.8. The maximum absolute atomic E-state index is 12.5. The van der Waals surface area contributed by atoms with Crippen LogP contribution < -0.4 is 0 Å². The van der Waals surface area contributed by atoms with Crippen molar-refractivity contribution < 1.29 is 4.79 Å². The molecule has 2 aromatic rings. The molecule has 0 saturated carbocycles. The van der Waals surface area contributed by atoms with E-state index < -0.39 is 0 Å². The predicted molar refractivity (Wildman–Crippen MR) is 88.2 cm³/mol. The predicted octanol–water partition coefficient (Wildman–Crippen LogP) is 2.07. The molecule has 1 aromatic heterocycles. The Morgan fingerprint density at radius 3 is 2.83 bits per heavy atom. The molecule has 3 heterocycles. The first-order valence-corrected chi connectivity index (χ1v) is 8.36. The van der Waals surface area contributed by atoms with Crippen molar-refractivity contribution in [2.75, 3.05) is 13.1 Å². The molecule has 0 radical (unpaired) electrons. The molecule has 0 bridgehead atoms. The Morgan fingerprint density at radius 1 is 1.26 bits per heavy atom. The number of hydrogen-bond acceptors (Lipinski definition) is 3. The highest BCUT2D eigenvalue weighted by Crippen LogP contribution is 2.26. The van der Waals surface area contributed by atoms with Gasteiger partial charge in [0.15, 0.2) is 0 Å². The lowest BCUT2D eigenvalue weighted by Gasteiger charge is -2.41. The van der Waals surface area contributed by atoms with Gasteiger partial charge in [0.2, 0.25) is 5.91 Å². The Kier molecular flexibility index (Phi) is 3.65. The zero-order valence-electron chi connectivity index (χ0n) is 13.4. The number of amides is 1. The first-order valence-electron chi connectivity index (χ1n) is 8.36. The third-order valence-corrected chi connectivity index (χ3v) is 5.10. The number of benzene rings is 1. The van der Waals surface area contributed by atoms with Crippen molar-refractivity contribution in [1.29, 1.82) is 0 Å². The number of carbonyl (C=O) groups excluding carboxylic acids is 1. The van der Waals surface area contributed by atoms with E-state index in [0.717, 1.165) is 38.2 Å². The molecule has 5 heteroatoms. The van der Waals surface area contributed by atoms with E-state index in [1.807, 2.05) is 23.9 Å². The number of piperazine rings is 1. The normalized spacial score (nSPS) is 24.9. The highest BCUT2D eigenvalue weighted by atomic mass is 16.2. The Labute approximate surface area is 136 Å². The van der Waals surface area contributed by atoms with Crippen LogP contribution in [-0.4, -0.2) is 50.7 Å². The molecule has 2 saturated heterocycles. The number of fused-ring (bicyclic) bond motifs is 1. The van der Waals surface area contributed by atoms with E-state index in [-0.39, 0.29) is 6.04 Å². The SMILES string of the molecule is C[C@H]1C(=O)N2CCC[C@@H]2CN1Cc1ccc(-n2cccn2)cc1. The Bertz CT molecular complexity index is 680. The van der Waals surface area contributed by atoms with Crippen LogP contribution >= 0.6 is 0 Å². The van der Waals surface area contributed by atoms with Crippen LogP contribution in [0.2, 0.25) is 0 Å². The van der Waals surface area contributed by atoms with Gasteiger partial charge in [0.05, 0.1) is 11.7 Å². The Morgan fingerprint density at radius 2 is 2.09 bits per heavy atom. The summed E-state index contributed by atoms with van der Waals surface area (Å²) in [6.45, 7) is 4.81. The maximum atomic E-state index is 12.5. The molecule has 0 N–H and O–H groups in total. The average molecular weight is 310 g/mol. The fourth-order valence-electron chi connectivity index (χ4n) is 3.75. The molecule has 1 aromatic carbocycles. The first kappa shape index (κ1) is 14.5. The highest BCUT2D eigenvalue weighted by Gasteiger charge is 2.39. The summed E-state index contributed by atoms with van der Waals surface area (Å²) in [7, 11) is 0. The van der Waals surface area contributed by atoms with Crippen LogP contribution in [0, 0.1) is 0 Å². The molecule has 2 atom stereocenters. The van der Waals surface area contributed by atoms with Gasteiger partial charge in [-0.1, -0.05) is 12.1 Å². The smallest absolute Gasteiger partial charge is 0.239 e. The van der Waals surface area contributed by atoms with Gasteiger partial charge in [0.1, 0.15) is 0 Å². The zero-order valence-corrected chi connectivity index (χ0v) is 13.4. The lowest BCUT2D eigenvalue weighted by molar-refractivity contribution is -0.143. The van der Waals surface area contributed by atoms with Gasteiger partial charge in [-0.25, -0.2) is 4.68 Å². The molecular weight excluding hydrogens is 288 g/mol. The molecular formula is C18H22N4O. The lowest BCUT2D eigenvalue weighted by Crippen LogP contribution is -2.58. The van der Waals surface area contributed by atoms with Crippen molar-refractivity contribution in [3.63, 3.8) is 0 Å². The van der Waals surface area contributed by atoms with Crippen LogP contribution in [-0.2, 0) is 11.3 Å². The second-order valence-electron chi connectivity index (χ2n) is 6.55. The lowest BCUT2D eigenvalue weighted by atomic mass is 10.1. The standard InChI is InChI=1S/C18H22N4O/c1-14-18(23)21-10-2-4-17(21)13-20(14)12-15-5-7-16(8-6-15)22-11-3-9-19-22/h3,5-9,11,14,17H,2,4,10,12-13H2,1H3/t14-,17+/m0/s1. The van der Waals surface area contributed by atoms with E-state index in [9.17, 15) is 4.79 Å².